The molecule has 0 bridgehead atoms. The Morgan fingerprint density at radius 2 is 1.81 bits per heavy atom. The summed E-state index contributed by atoms with van der Waals surface area (Å²) in [6.07, 6.45) is 11.1. The van der Waals surface area contributed by atoms with E-state index in [1.807, 2.05) is 26.1 Å². The number of rotatable bonds is 6. The zero-order chi connectivity index (χ0) is 19.1. The molecule has 1 aromatic heterocycles. The Labute approximate surface area is 162 Å². The van der Waals surface area contributed by atoms with E-state index in [0.29, 0.717) is 6.42 Å². The second kappa shape index (κ2) is 9.60. The Kier molecular flexibility index (Phi) is 6.93. The summed E-state index contributed by atoms with van der Waals surface area (Å²) in [6.45, 7) is 5.39. The molecule has 0 aliphatic carbocycles. The van der Waals surface area contributed by atoms with Crippen LogP contribution in [0.4, 0.5) is 0 Å². The lowest BCUT2D eigenvalue weighted by Gasteiger charge is -2.25. The largest absolute Gasteiger partial charge is 0.339 e. The van der Waals surface area contributed by atoms with Crippen LogP contribution in [0.5, 0.6) is 0 Å². The molecule has 0 saturated carbocycles. The van der Waals surface area contributed by atoms with E-state index in [0.717, 1.165) is 17.8 Å². The molecule has 144 valence electrons. The molecule has 0 radical (unpaired) electrons. The summed E-state index contributed by atoms with van der Waals surface area (Å²) >= 11 is 0. The smallest absolute Gasteiger partial charge is 0.253 e. The molecule has 0 N–H and O–H groups in total. The number of likely N-dealkylation sites (tertiary alicyclic amines) is 1. The van der Waals surface area contributed by atoms with E-state index in [2.05, 4.69) is 27.0 Å². The Morgan fingerprint density at radius 1 is 1.11 bits per heavy atom. The Morgan fingerprint density at radius 3 is 2.44 bits per heavy atom. The molecule has 27 heavy (non-hydrogen) atoms. The summed E-state index contributed by atoms with van der Waals surface area (Å²) < 4.78 is 0. The zero-order valence-corrected chi connectivity index (χ0v) is 16.5. The van der Waals surface area contributed by atoms with E-state index in [4.69, 9.17) is 0 Å². The monoisotopic (exact) mass is 366 g/mol. The van der Waals surface area contributed by atoms with Gasteiger partial charge in [-0.1, -0.05) is 25.0 Å². The maximum atomic E-state index is 12.8. The van der Waals surface area contributed by atoms with Gasteiger partial charge in [-0.3, -0.25) is 19.7 Å². The lowest BCUT2D eigenvalue weighted by Crippen LogP contribution is -2.36. The average molecular weight is 367 g/mol. The van der Waals surface area contributed by atoms with E-state index in [1.54, 1.807) is 23.5 Å². The first-order valence-corrected chi connectivity index (χ1v) is 9.97. The van der Waals surface area contributed by atoms with Crippen molar-refractivity contribution in [3.05, 3.63) is 59.7 Å². The highest BCUT2D eigenvalue weighted by Gasteiger charge is 2.18. The van der Waals surface area contributed by atoms with Gasteiger partial charge in [0.05, 0.1) is 5.69 Å². The molecule has 2 heterocycles. The normalized spacial score (nSPS) is 16.5. The summed E-state index contributed by atoms with van der Waals surface area (Å²) in [5.41, 5.74) is 2.92. The molecule has 1 fully saturated rings. The van der Waals surface area contributed by atoms with Crippen molar-refractivity contribution in [1.29, 1.82) is 0 Å². The van der Waals surface area contributed by atoms with Gasteiger partial charge in [-0.05, 0) is 50.6 Å². The van der Waals surface area contributed by atoms with Crippen molar-refractivity contribution in [2.75, 3.05) is 20.1 Å². The van der Waals surface area contributed by atoms with E-state index in [-0.39, 0.29) is 11.9 Å². The van der Waals surface area contributed by atoms with Crippen LogP contribution in [0.1, 0.15) is 54.2 Å². The summed E-state index contributed by atoms with van der Waals surface area (Å²) in [5, 5.41) is 0. The number of aromatic nitrogens is 2. The SMILES string of the molecule is C[C@H](Cc1cnccn1)N(C)C(=O)c1ccc(CN2CCCCCC2)cc1. The fraction of sp³-hybridized carbons (Fsp3) is 0.500. The van der Waals surface area contributed by atoms with Gasteiger partial charge in [-0.15, -0.1) is 0 Å². The van der Waals surface area contributed by atoms with Gasteiger partial charge >= 0.3 is 0 Å². The van der Waals surface area contributed by atoms with Gasteiger partial charge in [-0.25, -0.2) is 0 Å². The Bertz CT molecular complexity index is 709. The lowest BCUT2D eigenvalue weighted by molar-refractivity contribution is 0.0743. The molecule has 1 saturated heterocycles. The van der Waals surface area contributed by atoms with E-state index in [9.17, 15) is 4.79 Å². The number of likely N-dealkylation sites (N-methyl/N-ethyl adjacent to an activating group) is 1. The van der Waals surface area contributed by atoms with Crippen LogP contribution in [0.2, 0.25) is 0 Å². The van der Waals surface area contributed by atoms with Gasteiger partial charge < -0.3 is 4.90 Å². The topological polar surface area (TPSA) is 49.3 Å². The van der Waals surface area contributed by atoms with Crippen LogP contribution in [0.3, 0.4) is 0 Å². The standard InChI is InChI=1S/C22H30N4O/c1-18(15-21-16-23-11-12-24-21)25(2)22(27)20-9-7-19(8-10-20)17-26-13-5-3-4-6-14-26/h7-12,16,18H,3-6,13-15,17H2,1-2H3/t18-/m1/s1. The van der Waals surface area contributed by atoms with Crippen LogP contribution >= 0.6 is 0 Å². The molecular formula is C22H30N4O. The molecule has 1 aliphatic rings. The lowest BCUT2D eigenvalue weighted by atomic mass is 10.1. The molecule has 1 atom stereocenters. The van der Waals surface area contributed by atoms with Crippen molar-refractivity contribution in [3.63, 3.8) is 0 Å². The summed E-state index contributed by atoms with van der Waals surface area (Å²) in [7, 11) is 1.86. The van der Waals surface area contributed by atoms with Crippen LogP contribution in [0.25, 0.3) is 0 Å². The number of carbonyl (C=O) groups is 1. The number of hydrogen-bond acceptors (Lipinski definition) is 4. The van der Waals surface area contributed by atoms with Crippen LogP contribution < -0.4 is 0 Å². The third kappa shape index (κ3) is 5.60. The highest BCUT2D eigenvalue weighted by molar-refractivity contribution is 5.94. The van der Waals surface area contributed by atoms with Crippen molar-refractivity contribution >= 4 is 5.91 Å². The molecule has 5 nitrogen and oxygen atoms in total. The molecule has 1 amide bonds. The van der Waals surface area contributed by atoms with Crippen molar-refractivity contribution < 1.29 is 4.79 Å². The van der Waals surface area contributed by atoms with Gasteiger partial charge in [0.25, 0.3) is 5.91 Å². The van der Waals surface area contributed by atoms with Crippen molar-refractivity contribution in [2.24, 2.45) is 0 Å². The molecular weight excluding hydrogens is 336 g/mol. The third-order valence-corrected chi connectivity index (χ3v) is 5.41. The highest BCUT2D eigenvalue weighted by atomic mass is 16.2. The van der Waals surface area contributed by atoms with E-state index >= 15 is 0 Å². The Balaban J connectivity index is 1.57. The first-order valence-electron chi connectivity index (χ1n) is 9.97. The molecule has 1 aliphatic heterocycles. The molecule has 5 heteroatoms. The minimum Gasteiger partial charge on any atom is -0.339 e. The minimum absolute atomic E-state index is 0.0488. The minimum atomic E-state index is 0.0488. The first kappa shape index (κ1) is 19.5. The molecule has 3 rings (SSSR count). The highest BCUT2D eigenvalue weighted by Crippen LogP contribution is 2.15. The molecule has 0 spiro atoms. The van der Waals surface area contributed by atoms with Crippen LogP contribution in [0, 0.1) is 0 Å². The number of benzene rings is 1. The van der Waals surface area contributed by atoms with Gasteiger partial charge in [0.15, 0.2) is 0 Å². The van der Waals surface area contributed by atoms with Gasteiger partial charge in [0.2, 0.25) is 0 Å². The van der Waals surface area contributed by atoms with Crippen LogP contribution in [0.15, 0.2) is 42.9 Å². The maximum Gasteiger partial charge on any atom is 0.253 e. The molecule has 2 aromatic rings. The second-order valence-corrected chi connectivity index (χ2v) is 7.55. The fourth-order valence-electron chi connectivity index (χ4n) is 3.58. The Hall–Kier alpha value is -2.27. The van der Waals surface area contributed by atoms with Crippen molar-refractivity contribution in [3.8, 4) is 0 Å². The number of carbonyl (C=O) groups excluding carboxylic acids is 1. The van der Waals surface area contributed by atoms with Crippen molar-refractivity contribution in [2.45, 2.75) is 51.6 Å². The van der Waals surface area contributed by atoms with Crippen LogP contribution in [-0.4, -0.2) is 51.9 Å². The summed E-state index contributed by atoms with van der Waals surface area (Å²) in [4.78, 5) is 25.5. The fourth-order valence-corrected chi connectivity index (χ4v) is 3.58. The predicted molar refractivity (Wildman–Crippen MR) is 107 cm³/mol. The average Bonchev–Trinajstić information content (AvgIpc) is 2.97. The third-order valence-electron chi connectivity index (χ3n) is 5.41. The van der Waals surface area contributed by atoms with Gasteiger partial charge in [0, 0.05) is 50.2 Å². The molecule has 1 aromatic carbocycles. The maximum absolute atomic E-state index is 12.8. The number of nitrogens with zero attached hydrogens (tertiary/aromatic N) is 4. The van der Waals surface area contributed by atoms with Gasteiger partial charge in [-0.2, -0.15) is 0 Å². The van der Waals surface area contributed by atoms with Gasteiger partial charge in [0.1, 0.15) is 0 Å². The molecule has 0 unspecified atom stereocenters. The zero-order valence-electron chi connectivity index (χ0n) is 16.5. The van der Waals surface area contributed by atoms with E-state index in [1.165, 1.54) is 44.3 Å². The second-order valence-electron chi connectivity index (χ2n) is 7.55. The summed E-state index contributed by atoms with van der Waals surface area (Å²) in [5.74, 6) is 0.0488. The van der Waals surface area contributed by atoms with Crippen LogP contribution in [-0.2, 0) is 13.0 Å². The quantitative estimate of drug-likeness (QED) is 0.784. The number of amides is 1. The predicted octanol–water partition coefficient (Wildman–Crippen LogP) is 3.56. The van der Waals surface area contributed by atoms with E-state index < -0.39 is 0 Å². The summed E-state index contributed by atoms with van der Waals surface area (Å²) in [6, 6.07) is 8.17. The number of hydrogen-bond donors (Lipinski definition) is 0. The first-order chi connectivity index (χ1) is 13.1. The van der Waals surface area contributed by atoms with Crippen molar-refractivity contribution in [1.82, 2.24) is 19.8 Å².